The highest BCUT2D eigenvalue weighted by Crippen LogP contribution is 2.06. The van der Waals surface area contributed by atoms with Crippen LogP contribution in [0, 0.1) is 0 Å². The summed E-state index contributed by atoms with van der Waals surface area (Å²) in [6, 6.07) is 0. The minimum Gasteiger partial charge on any atom is -0.251 e. The molecule has 0 saturated heterocycles. The molecule has 54 valence electrons. The maximum absolute atomic E-state index is 11.5. The van der Waals surface area contributed by atoms with Gasteiger partial charge in [0.1, 0.15) is 0 Å². The highest BCUT2D eigenvalue weighted by atomic mass is 19.3. The van der Waals surface area contributed by atoms with Gasteiger partial charge in [-0.25, -0.2) is 18.0 Å². The zero-order valence-corrected chi connectivity index (χ0v) is 3.98. The van der Waals surface area contributed by atoms with Crippen molar-refractivity contribution in [3.05, 3.63) is 0 Å². The Kier molecular flexibility index (Phi) is 2.97. The second-order valence-electron chi connectivity index (χ2n) is 1.13. The molecular formula is C3H2F4O2. The van der Waals surface area contributed by atoms with Crippen molar-refractivity contribution in [2.45, 2.75) is 12.6 Å². The number of hydrogen-bond donors (Lipinski definition) is 0. The third-order valence-corrected chi connectivity index (χ3v) is 0.522. The Morgan fingerprint density at radius 1 is 1.33 bits per heavy atom. The lowest BCUT2D eigenvalue weighted by atomic mass is 10.4. The fourth-order valence-corrected chi connectivity index (χ4v) is 0.145. The van der Waals surface area contributed by atoms with E-state index in [2.05, 4.69) is 4.94 Å². The summed E-state index contributed by atoms with van der Waals surface area (Å²) in [5, 5.41) is 0. The van der Waals surface area contributed by atoms with Gasteiger partial charge in [0.05, 0.1) is 0 Å². The standard InChI is InChI=1S/C3H2F4O2/c4-1(2(5)6)3(8)9-7/h1-2H. The molecule has 0 aliphatic carbocycles. The van der Waals surface area contributed by atoms with Gasteiger partial charge in [-0.1, -0.05) is 0 Å². The van der Waals surface area contributed by atoms with Gasteiger partial charge >= 0.3 is 5.97 Å². The molecule has 0 radical (unpaired) electrons. The molecule has 0 aliphatic rings. The Balaban J connectivity index is 3.72. The van der Waals surface area contributed by atoms with E-state index in [-0.39, 0.29) is 0 Å². The van der Waals surface area contributed by atoms with Crippen LogP contribution in [0.2, 0.25) is 0 Å². The van der Waals surface area contributed by atoms with E-state index in [1.54, 1.807) is 0 Å². The quantitative estimate of drug-likeness (QED) is 0.543. The molecule has 0 heterocycles. The fourth-order valence-electron chi connectivity index (χ4n) is 0.145. The highest BCUT2D eigenvalue weighted by molar-refractivity contribution is 5.74. The second-order valence-corrected chi connectivity index (χ2v) is 1.13. The van der Waals surface area contributed by atoms with Crippen molar-refractivity contribution in [2.24, 2.45) is 0 Å². The molecule has 0 spiro atoms. The third-order valence-electron chi connectivity index (χ3n) is 0.522. The van der Waals surface area contributed by atoms with Crippen LogP contribution in [0.4, 0.5) is 17.7 Å². The molecule has 1 unspecified atom stereocenters. The maximum atomic E-state index is 11.5. The molecule has 0 saturated carbocycles. The van der Waals surface area contributed by atoms with Gasteiger partial charge in [-0.3, -0.25) is 4.94 Å². The summed E-state index contributed by atoms with van der Waals surface area (Å²) in [6.45, 7) is 0. The van der Waals surface area contributed by atoms with E-state index < -0.39 is 18.6 Å². The van der Waals surface area contributed by atoms with E-state index >= 15 is 0 Å². The molecule has 0 aromatic carbocycles. The molecule has 0 fully saturated rings. The van der Waals surface area contributed by atoms with E-state index in [0.717, 1.165) is 0 Å². The number of halogens is 4. The molecular weight excluding hydrogens is 144 g/mol. The number of rotatable bonds is 2. The minimum absolute atomic E-state index is 2.18. The summed E-state index contributed by atoms with van der Waals surface area (Å²) in [5.74, 6) is -2.20. The predicted molar refractivity (Wildman–Crippen MR) is 18.1 cm³/mol. The SMILES string of the molecule is O=C(OF)C(F)C(F)F. The summed E-state index contributed by atoms with van der Waals surface area (Å²) in [4.78, 5) is 11.7. The first-order valence-electron chi connectivity index (χ1n) is 1.84. The first kappa shape index (κ1) is 8.19. The number of alkyl halides is 3. The minimum atomic E-state index is -3.53. The number of carbonyl (C=O) groups is 1. The Morgan fingerprint density at radius 2 is 1.78 bits per heavy atom. The van der Waals surface area contributed by atoms with Crippen LogP contribution < -0.4 is 0 Å². The molecule has 0 bridgehead atoms. The first-order chi connectivity index (χ1) is 4.09. The Labute approximate surface area is 47.3 Å². The Hall–Kier alpha value is -0.810. The zero-order chi connectivity index (χ0) is 7.44. The van der Waals surface area contributed by atoms with Crippen molar-refractivity contribution in [1.82, 2.24) is 0 Å². The van der Waals surface area contributed by atoms with Gasteiger partial charge in [0.25, 0.3) is 12.6 Å². The molecule has 2 nitrogen and oxygen atoms in total. The Morgan fingerprint density at radius 3 is 1.89 bits per heavy atom. The van der Waals surface area contributed by atoms with E-state index in [0.29, 0.717) is 0 Å². The van der Waals surface area contributed by atoms with Crippen molar-refractivity contribution in [3.8, 4) is 0 Å². The summed E-state index contributed by atoms with van der Waals surface area (Å²) >= 11 is 0. The highest BCUT2D eigenvalue weighted by Gasteiger charge is 2.30. The van der Waals surface area contributed by atoms with E-state index in [4.69, 9.17) is 0 Å². The van der Waals surface area contributed by atoms with Crippen LogP contribution in [-0.4, -0.2) is 18.6 Å². The monoisotopic (exact) mass is 146 g/mol. The van der Waals surface area contributed by atoms with E-state index in [9.17, 15) is 22.5 Å². The Bertz CT molecular complexity index is 104. The third kappa shape index (κ3) is 2.29. The van der Waals surface area contributed by atoms with Crippen molar-refractivity contribution in [1.29, 1.82) is 0 Å². The van der Waals surface area contributed by atoms with Crippen molar-refractivity contribution < 1.29 is 27.4 Å². The second kappa shape index (κ2) is 3.26. The van der Waals surface area contributed by atoms with Crippen molar-refractivity contribution >= 4 is 5.97 Å². The lowest BCUT2D eigenvalue weighted by Crippen LogP contribution is -2.23. The number of carbonyl (C=O) groups excluding carboxylic acids is 1. The fraction of sp³-hybridized carbons (Fsp3) is 0.667. The molecule has 0 amide bonds. The van der Waals surface area contributed by atoms with E-state index in [1.807, 2.05) is 0 Å². The van der Waals surface area contributed by atoms with Crippen LogP contribution in [0.5, 0.6) is 0 Å². The van der Waals surface area contributed by atoms with Crippen LogP contribution in [0.15, 0.2) is 0 Å². The molecule has 0 rings (SSSR count). The van der Waals surface area contributed by atoms with Crippen LogP contribution in [-0.2, 0) is 9.74 Å². The molecule has 0 aliphatic heterocycles. The van der Waals surface area contributed by atoms with Crippen molar-refractivity contribution in [3.63, 3.8) is 0 Å². The summed E-state index contributed by atoms with van der Waals surface area (Å²) in [7, 11) is 0. The van der Waals surface area contributed by atoms with Gasteiger partial charge in [-0.15, -0.1) is 0 Å². The van der Waals surface area contributed by atoms with Crippen LogP contribution in [0.1, 0.15) is 0 Å². The van der Waals surface area contributed by atoms with Gasteiger partial charge < -0.3 is 0 Å². The summed E-state index contributed by atoms with van der Waals surface area (Å²) in [6.07, 6.45) is -6.72. The largest absolute Gasteiger partial charge is 0.388 e. The van der Waals surface area contributed by atoms with Crippen molar-refractivity contribution in [2.75, 3.05) is 0 Å². The molecule has 0 aromatic heterocycles. The van der Waals surface area contributed by atoms with Crippen LogP contribution in [0.25, 0.3) is 0 Å². The van der Waals surface area contributed by atoms with Gasteiger partial charge in [0, 0.05) is 4.53 Å². The molecule has 0 aromatic rings. The molecule has 9 heavy (non-hydrogen) atoms. The summed E-state index contributed by atoms with van der Waals surface area (Å²) < 4.78 is 44.1. The van der Waals surface area contributed by atoms with Gasteiger partial charge in [-0.05, 0) is 0 Å². The zero-order valence-electron chi connectivity index (χ0n) is 3.98. The maximum Gasteiger partial charge on any atom is 0.388 e. The summed E-state index contributed by atoms with van der Waals surface area (Å²) in [5.41, 5.74) is 0. The van der Waals surface area contributed by atoms with Gasteiger partial charge in [-0.2, -0.15) is 0 Å². The molecule has 0 N–H and O–H groups in total. The smallest absolute Gasteiger partial charge is 0.251 e. The average molecular weight is 146 g/mol. The molecule has 6 heteroatoms. The molecule has 1 atom stereocenters. The normalized spacial score (nSPS) is 13.4. The predicted octanol–water partition coefficient (Wildman–Crippen LogP) is 1.02. The van der Waals surface area contributed by atoms with E-state index in [1.165, 1.54) is 0 Å². The lowest BCUT2D eigenvalue weighted by Gasteiger charge is -1.98. The average Bonchev–Trinajstić information content (AvgIpc) is 1.84. The lowest BCUT2D eigenvalue weighted by molar-refractivity contribution is -0.195. The number of hydrogen-bond acceptors (Lipinski definition) is 2. The van der Waals surface area contributed by atoms with Gasteiger partial charge in [0.15, 0.2) is 0 Å². The van der Waals surface area contributed by atoms with Gasteiger partial charge in [0.2, 0.25) is 0 Å². The van der Waals surface area contributed by atoms with Crippen LogP contribution >= 0.6 is 0 Å². The van der Waals surface area contributed by atoms with Crippen LogP contribution in [0.3, 0.4) is 0 Å². The first-order valence-corrected chi connectivity index (χ1v) is 1.84. The topological polar surface area (TPSA) is 26.3 Å².